The number of rotatable bonds is 5. The molecule has 2 atom stereocenters. The van der Waals surface area contributed by atoms with Crippen LogP contribution >= 0.6 is 23.2 Å². The van der Waals surface area contributed by atoms with Gasteiger partial charge in [-0.1, -0.05) is 29.3 Å². The molecule has 0 radical (unpaired) electrons. The molecular weight excluding hydrogens is 502 g/mol. The van der Waals surface area contributed by atoms with Gasteiger partial charge in [0.15, 0.2) is 0 Å². The highest BCUT2D eigenvalue weighted by molar-refractivity contribution is 6.42. The van der Waals surface area contributed by atoms with Crippen molar-refractivity contribution in [1.29, 1.82) is 0 Å². The van der Waals surface area contributed by atoms with E-state index in [1.165, 1.54) is 6.07 Å². The summed E-state index contributed by atoms with van der Waals surface area (Å²) in [5, 5.41) is 12.0. The number of hydrogen-bond acceptors (Lipinski definition) is 5. The van der Waals surface area contributed by atoms with Gasteiger partial charge in [0.25, 0.3) is 5.91 Å². The zero-order valence-electron chi connectivity index (χ0n) is 18.9. The highest BCUT2D eigenvalue weighted by Crippen LogP contribution is 2.36. The fourth-order valence-corrected chi connectivity index (χ4v) is 4.51. The van der Waals surface area contributed by atoms with Crippen LogP contribution in [-0.2, 0) is 6.18 Å². The Balaban J connectivity index is 1.56. The van der Waals surface area contributed by atoms with Crippen molar-refractivity contribution in [2.45, 2.75) is 25.9 Å². The number of amides is 1. The van der Waals surface area contributed by atoms with Gasteiger partial charge in [0.05, 0.1) is 32.6 Å². The predicted molar refractivity (Wildman–Crippen MR) is 128 cm³/mol. The lowest BCUT2D eigenvalue weighted by Gasteiger charge is -2.20. The van der Waals surface area contributed by atoms with Crippen LogP contribution in [0.5, 0.6) is 0 Å². The summed E-state index contributed by atoms with van der Waals surface area (Å²) in [5.74, 6) is 0.0320. The second-order valence-electron chi connectivity index (χ2n) is 8.55. The van der Waals surface area contributed by atoms with E-state index in [-0.39, 0.29) is 17.7 Å². The molecule has 1 N–H and O–H groups in total. The fourth-order valence-electron chi connectivity index (χ4n) is 4.20. The predicted octanol–water partition coefficient (Wildman–Crippen LogP) is 5.78. The lowest BCUT2D eigenvalue weighted by Crippen LogP contribution is -2.30. The van der Waals surface area contributed by atoms with Gasteiger partial charge in [-0.15, -0.1) is 0 Å². The normalized spacial score (nSPS) is 18.1. The number of halogens is 5. The minimum absolute atomic E-state index is 0.0588. The Kier molecular flexibility index (Phi) is 7.19. The molecule has 2 aromatic heterocycles. The van der Waals surface area contributed by atoms with Crippen LogP contribution in [0.25, 0.3) is 0 Å². The quantitative estimate of drug-likeness (QED) is 0.458. The molecule has 1 aliphatic heterocycles. The van der Waals surface area contributed by atoms with Gasteiger partial charge in [0.1, 0.15) is 5.82 Å². The van der Waals surface area contributed by atoms with Gasteiger partial charge in [0.2, 0.25) is 0 Å². The second-order valence-corrected chi connectivity index (χ2v) is 9.36. The van der Waals surface area contributed by atoms with E-state index in [9.17, 15) is 18.0 Å². The van der Waals surface area contributed by atoms with Crippen molar-refractivity contribution in [2.75, 3.05) is 25.0 Å². The minimum Gasteiger partial charge on any atom is -0.370 e. The van der Waals surface area contributed by atoms with Crippen molar-refractivity contribution in [1.82, 2.24) is 20.1 Å². The fraction of sp³-hybridized carbons (Fsp3) is 0.333. The van der Waals surface area contributed by atoms with Gasteiger partial charge in [-0.05, 0) is 49.7 Å². The number of aromatic nitrogens is 3. The van der Waals surface area contributed by atoms with Crippen LogP contribution < -0.4 is 5.32 Å². The number of anilines is 1. The molecule has 0 spiro atoms. The molecule has 0 bridgehead atoms. The van der Waals surface area contributed by atoms with Gasteiger partial charge < -0.3 is 10.2 Å². The number of alkyl halides is 3. The first-order valence-electron chi connectivity index (χ1n) is 10.8. The Bertz CT molecular complexity index is 1240. The Morgan fingerprint density at radius 2 is 1.86 bits per heavy atom. The first kappa shape index (κ1) is 25.2. The summed E-state index contributed by atoms with van der Waals surface area (Å²) in [5.41, 5.74) is 1.78. The van der Waals surface area contributed by atoms with E-state index in [4.69, 9.17) is 23.2 Å². The van der Waals surface area contributed by atoms with Gasteiger partial charge in [0, 0.05) is 37.7 Å². The van der Waals surface area contributed by atoms with Gasteiger partial charge in [-0.25, -0.2) is 4.98 Å². The number of nitrogens with zero attached hydrogens (tertiary/aromatic N) is 4. The molecule has 0 saturated carbocycles. The van der Waals surface area contributed by atoms with E-state index in [1.807, 2.05) is 6.07 Å². The number of pyridine rings is 1. The Morgan fingerprint density at radius 1 is 1.09 bits per heavy atom. The van der Waals surface area contributed by atoms with Crippen molar-refractivity contribution >= 4 is 34.9 Å². The third kappa shape index (κ3) is 5.67. The Morgan fingerprint density at radius 3 is 2.51 bits per heavy atom. The number of nitrogens with one attached hydrogen (secondary N) is 1. The zero-order chi connectivity index (χ0) is 25.3. The molecule has 184 valence electrons. The van der Waals surface area contributed by atoms with E-state index in [0.29, 0.717) is 52.4 Å². The maximum absolute atomic E-state index is 13.3. The minimum atomic E-state index is -4.45. The van der Waals surface area contributed by atoms with Crippen molar-refractivity contribution in [3.63, 3.8) is 0 Å². The third-order valence-corrected chi connectivity index (χ3v) is 6.81. The number of likely N-dealkylation sites (tertiary alicyclic amines) is 1. The molecule has 4 rings (SSSR count). The summed E-state index contributed by atoms with van der Waals surface area (Å²) in [7, 11) is 0. The molecule has 1 aliphatic rings. The number of benzene rings is 1. The van der Waals surface area contributed by atoms with Crippen LogP contribution in [0.4, 0.5) is 19.0 Å². The average Bonchev–Trinajstić information content (AvgIpc) is 3.24. The molecule has 3 heterocycles. The highest BCUT2D eigenvalue weighted by Gasteiger charge is 2.37. The Labute approximate surface area is 210 Å². The van der Waals surface area contributed by atoms with E-state index >= 15 is 0 Å². The summed E-state index contributed by atoms with van der Waals surface area (Å²) in [6, 6.07) is 9.37. The summed E-state index contributed by atoms with van der Waals surface area (Å²) in [6.45, 7) is 4.76. The van der Waals surface area contributed by atoms with Crippen molar-refractivity contribution in [3.8, 4) is 0 Å². The lowest BCUT2D eigenvalue weighted by atomic mass is 9.89. The zero-order valence-corrected chi connectivity index (χ0v) is 20.4. The Hall–Kier alpha value is -2.91. The topological polar surface area (TPSA) is 71.0 Å². The van der Waals surface area contributed by atoms with Crippen molar-refractivity contribution < 1.29 is 18.0 Å². The molecule has 1 saturated heterocycles. The lowest BCUT2D eigenvalue weighted by molar-refractivity contribution is -0.137. The first-order chi connectivity index (χ1) is 16.5. The molecule has 1 aromatic carbocycles. The maximum Gasteiger partial charge on any atom is 0.417 e. The van der Waals surface area contributed by atoms with Crippen molar-refractivity contribution in [3.05, 3.63) is 80.7 Å². The highest BCUT2D eigenvalue weighted by atomic mass is 35.5. The largest absolute Gasteiger partial charge is 0.417 e. The third-order valence-electron chi connectivity index (χ3n) is 6.07. The van der Waals surface area contributed by atoms with Crippen LogP contribution in [0, 0.1) is 19.8 Å². The number of aryl methyl sites for hydroxylation is 2. The van der Waals surface area contributed by atoms with E-state index in [1.54, 1.807) is 36.9 Å². The SMILES string of the molecule is Cc1cc(C(=O)N2CC(CNc3ccc(C(F)(F)F)cn3)C(c3ccc(Cl)c(Cl)c3)C2)c(C)nn1. The van der Waals surface area contributed by atoms with E-state index in [0.717, 1.165) is 17.8 Å². The maximum atomic E-state index is 13.3. The molecule has 1 fully saturated rings. The van der Waals surface area contributed by atoms with Gasteiger partial charge in [-0.2, -0.15) is 23.4 Å². The van der Waals surface area contributed by atoms with Crippen LogP contribution in [0.2, 0.25) is 10.0 Å². The van der Waals surface area contributed by atoms with Crippen LogP contribution in [0.15, 0.2) is 42.6 Å². The average molecular weight is 524 g/mol. The monoisotopic (exact) mass is 523 g/mol. The van der Waals surface area contributed by atoms with E-state index < -0.39 is 11.7 Å². The number of hydrogen-bond donors (Lipinski definition) is 1. The molecule has 3 aromatic rings. The van der Waals surface area contributed by atoms with Crippen LogP contribution in [0.3, 0.4) is 0 Å². The first-order valence-corrected chi connectivity index (χ1v) is 11.6. The van der Waals surface area contributed by atoms with Crippen LogP contribution in [-0.4, -0.2) is 45.6 Å². The van der Waals surface area contributed by atoms with Gasteiger partial charge in [-0.3, -0.25) is 4.79 Å². The standard InChI is InChI=1S/C24H22Cl2F3N5O/c1-13-7-18(14(2)33-32-13)23(35)34-11-16(19(12-34)15-3-5-20(25)21(26)8-15)9-30-22-6-4-17(10-31-22)24(27,28)29/h3-8,10,16,19H,9,11-12H2,1-2H3,(H,30,31). The molecule has 1 amide bonds. The molecular formula is C24H22Cl2F3N5O. The molecule has 11 heteroatoms. The summed E-state index contributed by atoms with van der Waals surface area (Å²) >= 11 is 12.3. The summed E-state index contributed by atoms with van der Waals surface area (Å²) in [6.07, 6.45) is -3.65. The second kappa shape index (κ2) is 9.99. The molecule has 6 nitrogen and oxygen atoms in total. The van der Waals surface area contributed by atoms with E-state index in [2.05, 4.69) is 20.5 Å². The summed E-state index contributed by atoms with van der Waals surface area (Å²) in [4.78, 5) is 19.0. The summed E-state index contributed by atoms with van der Waals surface area (Å²) < 4.78 is 38.5. The molecule has 0 aliphatic carbocycles. The van der Waals surface area contributed by atoms with Crippen LogP contribution in [0.1, 0.15) is 38.8 Å². The number of carbonyl (C=O) groups is 1. The number of carbonyl (C=O) groups excluding carboxylic acids is 1. The van der Waals surface area contributed by atoms with Gasteiger partial charge >= 0.3 is 6.18 Å². The van der Waals surface area contributed by atoms with Crippen molar-refractivity contribution in [2.24, 2.45) is 5.92 Å². The smallest absolute Gasteiger partial charge is 0.370 e. The molecule has 35 heavy (non-hydrogen) atoms. The molecule has 2 unspecified atom stereocenters.